The Labute approximate surface area is 159 Å². The first-order chi connectivity index (χ1) is 13.3. The molecule has 2 atom stereocenters. The van der Waals surface area contributed by atoms with Crippen molar-refractivity contribution < 1.29 is 4.79 Å². The lowest BCUT2D eigenvalue weighted by Gasteiger charge is -2.48. The fraction of sp³-hybridized carbons (Fsp3) is 0.348. The van der Waals surface area contributed by atoms with Gasteiger partial charge in [0.15, 0.2) is 0 Å². The van der Waals surface area contributed by atoms with Gasteiger partial charge < -0.3 is 4.90 Å². The van der Waals surface area contributed by atoms with E-state index >= 15 is 0 Å². The Morgan fingerprint density at radius 2 is 1.81 bits per heavy atom. The van der Waals surface area contributed by atoms with Crippen LogP contribution in [0.25, 0.3) is 22.2 Å². The molecule has 4 nitrogen and oxygen atoms in total. The van der Waals surface area contributed by atoms with Crippen LogP contribution in [0.5, 0.6) is 0 Å². The minimum Gasteiger partial charge on any atom is -0.335 e. The van der Waals surface area contributed by atoms with Gasteiger partial charge in [0.1, 0.15) is 0 Å². The number of amides is 1. The van der Waals surface area contributed by atoms with E-state index < -0.39 is 0 Å². The minimum absolute atomic E-state index is 0.159. The number of pyridine rings is 2. The number of hydrogen-bond donors (Lipinski definition) is 0. The van der Waals surface area contributed by atoms with Crippen LogP contribution in [0.15, 0.2) is 54.9 Å². The summed E-state index contributed by atoms with van der Waals surface area (Å²) in [6.45, 7) is 0.907. The highest BCUT2D eigenvalue weighted by Crippen LogP contribution is 2.38. The van der Waals surface area contributed by atoms with Crippen LogP contribution in [-0.4, -0.2) is 33.4 Å². The Morgan fingerprint density at radius 1 is 1.00 bits per heavy atom. The molecule has 2 unspecified atom stereocenters. The second kappa shape index (κ2) is 6.76. The van der Waals surface area contributed by atoms with Gasteiger partial charge in [0, 0.05) is 35.9 Å². The first kappa shape index (κ1) is 16.4. The fourth-order valence-corrected chi connectivity index (χ4v) is 4.65. The fourth-order valence-electron chi connectivity index (χ4n) is 4.65. The summed E-state index contributed by atoms with van der Waals surface area (Å²) in [6.07, 6.45) is 9.81. The number of carbonyl (C=O) groups is 1. The molecule has 2 fully saturated rings. The van der Waals surface area contributed by atoms with Crippen molar-refractivity contribution in [3.8, 4) is 11.3 Å². The SMILES string of the molecule is O=C(c1cc(-c2ccncc2)nc2ccccc12)N1CC2CCCCCC21. The molecule has 4 heteroatoms. The molecule has 3 aromatic rings. The van der Waals surface area contributed by atoms with Crippen molar-refractivity contribution in [3.63, 3.8) is 0 Å². The summed E-state index contributed by atoms with van der Waals surface area (Å²) in [4.78, 5) is 24.5. The number of nitrogens with zero attached hydrogens (tertiary/aromatic N) is 3. The van der Waals surface area contributed by atoms with E-state index in [4.69, 9.17) is 4.98 Å². The predicted molar refractivity (Wildman–Crippen MR) is 106 cm³/mol. The van der Waals surface area contributed by atoms with Gasteiger partial charge in [-0.3, -0.25) is 9.78 Å². The van der Waals surface area contributed by atoms with E-state index in [1.807, 2.05) is 42.5 Å². The third-order valence-corrected chi connectivity index (χ3v) is 6.13. The van der Waals surface area contributed by atoms with Crippen molar-refractivity contribution in [2.45, 2.75) is 38.1 Å². The van der Waals surface area contributed by atoms with Crippen LogP contribution < -0.4 is 0 Å². The van der Waals surface area contributed by atoms with Crippen molar-refractivity contribution in [1.82, 2.24) is 14.9 Å². The summed E-state index contributed by atoms with van der Waals surface area (Å²) in [5, 5.41) is 0.942. The molecule has 0 spiro atoms. The van der Waals surface area contributed by atoms with Gasteiger partial charge in [-0.25, -0.2) is 4.98 Å². The number of aromatic nitrogens is 2. The summed E-state index contributed by atoms with van der Waals surface area (Å²) < 4.78 is 0. The van der Waals surface area contributed by atoms with Crippen LogP contribution in [0.2, 0.25) is 0 Å². The molecule has 3 heterocycles. The molecule has 2 aromatic heterocycles. The smallest absolute Gasteiger partial charge is 0.254 e. The molecule has 5 rings (SSSR count). The Kier molecular flexibility index (Phi) is 4.12. The number of likely N-dealkylation sites (tertiary alicyclic amines) is 1. The third kappa shape index (κ3) is 2.89. The van der Waals surface area contributed by atoms with Crippen molar-refractivity contribution >= 4 is 16.8 Å². The second-order valence-corrected chi connectivity index (χ2v) is 7.73. The van der Waals surface area contributed by atoms with Gasteiger partial charge in [-0.2, -0.15) is 0 Å². The minimum atomic E-state index is 0.159. The maximum Gasteiger partial charge on any atom is 0.254 e. The number of hydrogen-bond acceptors (Lipinski definition) is 3. The largest absolute Gasteiger partial charge is 0.335 e. The lowest BCUT2D eigenvalue weighted by atomic mass is 9.84. The molecular formula is C23H23N3O. The zero-order valence-corrected chi connectivity index (χ0v) is 15.3. The zero-order valence-electron chi connectivity index (χ0n) is 15.3. The van der Waals surface area contributed by atoms with Gasteiger partial charge in [0.2, 0.25) is 0 Å². The average Bonchev–Trinajstić information content (AvgIpc) is 2.89. The number of fused-ring (bicyclic) bond motifs is 2. The molecule has 1 aliphatic carbocycles. The molecule has 1 aliphatic heterocycles. The van der Waals surface area contributed by atoms with Gasteiger partial charge in [-0.05, 0) is 43.0 Å². The summed E-state index contributed by atoms with van der Waals surface area (Å²) in [5.74, 6) is 0.858. The lowest BCUT2D eigenvalue weighted by Crippen LogP contribution is -2.58. The molecular weight excluding hydrogens is 334 g/mol. The van der Waals surface area contributed by atoms with Crippen LogP contribution in [-0.2, 0) is 0 Å². The van der Waals surface area contributed by atoms with Gasteiger partial charge >= 0.3 is 0 Å². The number of para-hydroxylation sites is 1. The normalized spacial score (nSPS) is 22.0. The van der Waals surface area contributed by atoms with Crippen molar-refractivity contribution in [2.24, 2.45) is 5.92 Å². The van der Waals surface area contributed by atoms with E-state index in [-0.39, 0.29) is 5.91 Å². The maximum absolute atomic E-state index is 13.5. The van der Waals surface area contributed by atoms with Crippen LogP contribution in [0.4, 0.5) is 0 Å². The molecule has 1 amide bonds. The van der Waals surface area contributed by atoms with Crippen LogP contribution in [0, 0.1) is 5.92 Å². The Bertz CT molecular complexity index is 985. The summed E-state index contributed by atoms with van der Waals surface area (Å²) in [5.41, 5.74) is 3.46. The third-order valence-electron chi connectivity index (χ3n) is 6.13. The van der Waals surface area contributed by atoms with Crippen LogP contribution in [0.3, 0.4) is 0 Å². The average molecular weight is 357 g/mol. The standard InChI is InChI=1S/C23H23N3O/c27-23(26-15-17-6-2-1-3-9-22(17)26)19-14-21(16-10-12-24-13-11-16)25-20-8-5-4-7-18(19)20/h4-5,7-8,10-14,17,22H,1-3,6,9,15H2. The van der Waals surface area contributed by atoms with Gasteiger partial charge in [0.25, 0.3) is 5.91 Å². The first-order valence-electron chi connectivity index (χ1n) is 9.92. The highest BCUT2D eigenvalue weighted by Gasteiger charge is 2.42. The first-order valence-corrected chi connectivity index (χ1v) is 9.92. The zero-order chi connectivity index (χ0) is 18.2. The van der Waals surface area contributed by atoms with E-state index in [2.05, 4.69) is 9.88 Å². The summed E-state index contributed by atoms with van der Waals surface area (Å²) >= 11 is 0. The molecule has 0 bridgehead atoms. The summed E-state index contributed by atoms with van der Waals surface area (Å²) in [6, 6.07) is 14.2. The van der Waals surface area contributed by atoms with Gasteiger partial charge in [0.05, 0.1) is 16.8 Å². The monoisotopic (exact) mass is 357 g/mol. The number of carbonyl (C=O) groups excluding carboxylic acids is 1. The molecule has 27 heavy (non-hydrogen) atoms. The lowest BCUT2D eigenvalue weighted by molar-refractivity contribution is 0.0124. The van der Waals surface area contributed by atoms with Crippen LogP contribution >= 0.6 is 0 Å². The Balaban J connectivity index is 1.56. The highest BCUT2D eigenvalue weighted by atomic mass is 16.2. The molecule has 1 saturated carbocycles. The molecule has 0 radical (unpaired) electrons. The van der Waals surface area contributed by atoms with E-state index in [0.717, 1.165) is 40.7 Å². The van der Waals surface area contributed by atoms with Gasteiger partial charge in [-0.1, -0.05) is 37.5 Å². The Hall–Kier alpha value is -2.75. The quantitative estimate of drug-likeness (QED) is 0.668. The van der Waals surface area contributed by atoms with Crippen molar-refractivity contribution in [2.75, 3.05) is 6.54 Å². The van der Waals surface area contributed by atoms with E-state index in [9.17, 15) is 4.79 Å². The number of rotatable bonds is 2. The number of benzene rings is 1. The van der Waals surface area contributed by atoms with E-state index in [0.29, 0.717) is 12.0 Å². The Morgan fingerprint density at radius 3 is 2.70 bits per heavy atom. The van der Waals surface area contributed by atoms with E-state index in [1.165, 1.54) is 25.7 Å². The summed E-state index contributed by atoms with van der Waals surface area (Å²) in [7, 11) is 0. The van der Waals surface area contributed by atoms with E-state index in [1.54, 1.807) is 12.4 Å². The van der Waals surface area contributed by atoms with Crippen molar-refractivity contribution in [1.29, 1.82) is 0 Å². The maximum atomic E-state index is 13.5. The molecule has 2 aliphatic rings. The van der Waals surface area contributed by atoms with Crippen molar-refractivity contribution in [3.05, 3.63) is 60.4 Å². The molecule has 0 N–H and O–H groups in total. The highest BCUT2D eigenvalue weighted by molar-refractivity contribution is 6.07. The second-order valence-electron chi connectivity index (χ2n) is 7.73. The molecule has 1 aromatic carbocycles. The van der Waals surface area contributed by atoms with Gasteiger partial charge in [-0.15, -0.1) is 0 Å². The molecule has 1 saturated heterocycles. The van der Waals surface area contributed by atoms with Crippen LogP contribution in [0.1, 0.15) is 42.5 Å². The molecule has 136 valence electrons. The predicted octanol–water partition coefficient (Wildman–Crippen LogP) is 4.70. The topological polar surface area (TPSA) is 46.1 Å².